The summed E-state index contributed by atoms with van der Waals surface area (Å²) in [4.78, 5) is 26.8. The van der Waals surface area contributed by atoms with E-state index in [0.717, 1.165) is 5.70 Å². The second kappa shape index (κ2) is 9.53. The molecule has 0 radical (unpaired) electrons. The summed E-state index contributed by atoms with van der Waals surface area (Å²) >= 11 is 0. The van der Waals surface area contributed by atoms with Crippen molar-refractivity contribution in [1.29, 1.82) is 0 Å². The van der Waals surface area contributed by atoms with Gasteiger partial charge >= 0.3 is 0 Å². The Balaban J connectivity index is 5.30. The summed E-state index contributed by atoms with van der Waals surface area (Å²) < 4.78 is 0. The minimum atomic E-state index is -0.207. The Bertz CT molecular complexity index is 463. The van der Waals surface area contributed by atoms with Gasteiger partial charge < -0.3 is 9.80 Å². The van der Waals surface area contributed by atoms with E-state index < -0.39 is 0 Å². The van der Waals surface area contributed by atoms with Gasteiger partial charge in [-0.1, -0.05) is 25.3 Å². The minimum absolute atomic E-state index is 0.184. The summed E-state index contributed by atoms with van der Waals surface area (Å²) in [5, 5.41) is 0. The summed E-state index contributed by atoms with van der Waals surface area (Å²) in [7, 11) is 0. The number of carbonyl (C=O) groups is 2. The first-order valence-electron chi connectivity index (χ1n) is 6.70. The van der Waals surface area contributed by atoms with Crippen LogP contribution < -0.4 is 0 Å². The molecule has 0 aromatic rings. The van der Waals surface area contributed by atoms with Gasteiger partial charge in [-0.15, -0.1) is 13.2 Å². The zero-order valence-electron chi connectivity index (χ0n) is 12.9. The van der Waals surface area contributed by atoms with Crippen molar-refractivity contribution in [1.82, 2.24) is 9.80 Å². The molecular weight excluding hydrogens is 264 g/mol. The van der Waals surface area contributed by atoms with Gasteiger partial charge in [-0.2, -0.15) is 0 Å². The molecule has 0 spiro atoms. The van der Waals surface area contributed by atoms with Crippen molar-refractivity contribution in [2.45, 2.75) is 19.9 Å². The van der Waals surface area contributed by atoms with E-state index in [1.54, 1.807) is 22.0 Å². The quantitative estimate of drug-likeness (QED) is 0.483. The molecule has 4 nitrogen and oxygen atoms in total. The van der Waals surface area contributed by atoms with Crippen LogP contribution in [0.25, 0.3) is 0 Å². The van der Waals surface area contributed by atoms with Crippen LogP contribution in [-0.4, -0.2) is 40.7 Å². The maximum absolute atomic E-state index is 11.8. The summed E-state index contributed by atoms with van der Waals surface area (Å²) in [6, 6.07) is -0.196. The Labute approximate surface area is 127 Å². The first-order chi connectivity index (χ1) is 9.92. The number of allylic oxidation sites excluding steroid dienone is 1. The van der Waals surface area contributed by atoms with E-state index in [9.17, 15) is 9.59 Å². The van der Waals surface area contributed by atoms with Crippen molar-refractivity contribution in [2.24, 2.45) is 0 Å². The third-order valence-corrected chi connectivity index (χ3v) is 2.94. The smallest absolute Gasteiger partial charge is 0.250 e. The number of carbonyl (C=O) groups excluding carboxylic acids is 2. The van der Waals surface area contributed by atoms with E-state index in [0.29, 0.717) is 13.1 Å². The minimum Gasteiger partial charge on any atom is -0.329 e. The van der Waals surface area contributed by atoms with E-state index >= 15 is 0 Å². The van der Waals surface area contributed by atoms with Crippen molar-refractivity contribution in [3.05, 3.63) is 62.4 Å². The predicted molar refractivity (Wildman–Crippen MR) is 87.4 cm³/mol. The highest BCUT2D eigenvalue weighted by molar-refractivity contribution is 5.89. The van der Waals surface area contributed by atoms with Crippen LogP contribution in [0.3, 0.4) is 0 Å². The van der Waals surface area contributed by atoms with Gasteiger partial charge in [0.05, 0.1) is 0 Å². The second-order valence-corrected chi connectivity index (χ2v) is 4.47. The maximum Gasteiger partial charge on any atom is 0.250 e. The van der Waals surface area contributed by atoms with Crippen molar-refractivity contribution in [3.63, 3.8) is 0 Å². The summed E-state index contributed by atoms with van der Waals surface area (Å²) in [5.41, 5.74) is 0.734. The zero-order valence-corrected chi connectivity index (χ0v) is 12.9. The molecule has 0 heterocycles. The van der Waals surface area contributed by atoms with Gasteiger partial charge in [0.15, 0.2) is 0 Å². The number of hydrogen-bond acceptors (Lipinski definition) is 2. The number of nitrogens with zero attached hydrogens (tertiary/aromatic N) is 2. The van der Waals surface area contributed by atoms with Crippen molar-refractivity contribution in [2.75, 3.05) is 13.1 Å². The average Bonchev–Trinajstić information content (AvgIpc) is 2.48. The molecule has 114 valence electrons. The van der Waals surface area contributed by atoms with Crippen molar-refractivity contribution < 1.29 is 9.59 Å². The van der Waals surface area contributed by atoms with E-state index in [-0.39, 0.29) is 17.9 Å². The van der Waals surface area contributed by atoms with Crippen LogP contribution >= 0.6 is 0 Å². The Hall–Kier alpha value is -2.36. The lowest BCUT2D eigenvalue weighted by Gasteiger charge is -2.27. The van der Waals surface area contributed by atoms with Crippen LogP contribution in [-0.2, 0) is 9.59 Å². The lowest BCUT2D eigenvalue weighted by molar-refractivity contribution is -0.126. The van der Waals surface area contributed by atoms with Crippen LogP contribution in [0.2, 0.25) is 0 Å². The van der Waals surface area contributed by atoms with Gasteiger partial charge in [0, 0.05) is 24.8 Å². The van der Waals surface area contributed by atoms with Crippen LogP contribution in [0.4, 0.5) is 0 Å². The normalized spacial score (nSPS) is 12.0. The lowest BCUT2D eigenvalue weighted by Crippen LogP contribution is -2.37. The highest BCUT2D eigenvalue weighted by Gasteiger charge is 2.17. The van der Waals surface area contributed by atoms with Crippen LogP contribution in [0.1, 0.15) is 13.8 Å². The van der Waals surface area contributed by atoms with Gasteiger partial charge in [0.1, 0.15) is 0 Å². The molecule has 0 saturated heterocycles. The number of rotatable bonds is 9. The van der Waals surface area contributed by atoms with Crippen molar-refractivity contribution in [3.8, 4) is 0 Å². The third kappa shape index (κ3) is 5.65. The molecule has 0 saturated carbocycles. The molecule has 4 heteroatoms. The monoisotopic (exact) mass is 288 g/mol. The molecule has 0 N–H and O–H groups in total. The Kier molecular flexibility index (Phi) is 8.46. The molecule has 1 unspecified atom stereocenters. The highest BCUT2D eigenvalue weighted by atomic mass is 16.2. The molecule has 0 aromatic carbocycles. The molecule has 0 aliphatic heterocycles. The zero-order chi connectivity index (χ0) is 16.4. The Morgan fingerprint density at radius 2 is 1.52 bits per heavy atom. The van der Waals surface area contributed by atoms with Crippen molar-refractivity contribution >= 4 is 11.8 Å². The molecule has 0 rings (SSSR count). The molecule has 2 amide bonds. The molecule has 0 bridgehead atoms. The SMILES string of the molecule is C=CCN(C(=O)C=C)/C(C)=C\C(C)N(CC=C)C(=O)C=C. The number of hydrogen-bond donors (Lipinski definition) is 0. The molecule has 0 aliphatic carbocycles. The number of amides is 2. The van der Waals surface area contributed by atoms with E-state index in [1.807, 2.05) is 19.9 Å². The van der Waals surface area contributed by atoms with Gasteiger partial charge in [0.2, 0.25) is 11.8 Å². The fraction of sp³-hybridized carbons (Fsp3) is 0.294. The van der Waals surface area contributed by atoms with E-state index in [4.69, 9.17) is 0 Å². The molecule has 1 atom stereocenters. The molecular formula is C17H24N2O2. The summed E-state index contributed by atoms with van der Waals surface area (Å²) in [6.07, 6.45) is 7.65. The van der Waals surface area contributed by atoms with Gasteiger partial charge in [-0.05, 0) is 32.1 Å². The topological polar surface area (TPSA) is 40.6 Å². The summed E-state index contributed by atoms with van der Waals surface area (Å²) in [6.45, 7) is 18.7. The molecule has 0 fully saturated rings. The van der Waals surface area contributed by atoms with Gasteiger partial charge in [-0.25, -0.2) is 0 Å². The van der Waals surface area contributed by atoms with Crippen LogP contribution in [0.5, 0.6) is 0 Å². The van der Waals surface area contributed by atoms with E-state index in [1.165, 1.54) is 12.2 Å². The molecule has 0 aliphatic rings. The fourth-order valence-corrected chi connectivity index (χ4v) is 1.89. The van der Waals surface area contributed by atoms with Crippen LogP contribution in [0, 0.1) is 0 Å². The lowest BCUT2D eigenvalue weighted by atomic mass is 10.2. The third-order valence-electron chi connectivity index (χ3n) is 2.94. The average molecular weight is 288 g/mol. The van der Waals surface area contributed by atoms with Crippen LogP contribution in [0.15, 0.2) is 62.4 Å². The second-order valence-electron chi connectivity index (χ2n) is 4.47. The van der Waals surface area contributed by atoms with E-state index in [2.05, 4.69) is 26.3 Å². The maximum atomic E-state index is 11.8. The summed E-state index contributed by atoms with van der Waals surface area (Å²) in [5.74, 6) is -0.391. The standard InChI is InChI=1S/C17H24N2O2/c1-7-11-18(16(20)9-3)14(5)13-15(6)19(12-8-2)17(21)10-4/h7-10,13-14H,1-4,11-12H2,5-6H3/b15-13-. The first kappa shape index (κ1) is 18.6. The Morgan fingerprint density at radius 1 is 1.00 bits per heavy atom. The first-order valence-corrected chi connectivity index (χ1v) is 6.70. The predicted octanol–water partition coefficient (Wildman–Crippen LogP) is 2.68. The van der Waals surface area contributed by atoms with Gasteiger partial charge in [-0.3, -0.25) is 9.59 Å². The Morgan fingerprint density at radius 3 is 1.95 bits per heavy atom. The fourth-order valence-electron chi connectivity index (χ4n) is 1.89. The highest BCUT2D eigenvalue weighted by Crippen LogP contribution is 2.10. The largest absolute Gasteiger partial charge is 0.329 e. The molecule has 21 heavy (non-hydrogen) atoms. The van der Waals surface area contributed by atoms with Gasteiger partial charge in [0.25, 0.3) is 0 Å². The molecule has 0 aromatic heterocycles.